The van der Waals surface area contributed by atoms with Crippen LogP contribution >= 0.6 is 0 Å². The van der Waals surface area contributed by atoms with Crippen molar-refractivity contribution in [2.75, 3.05) is 49.6 Å². The number of carbonyl (C=O) groups excluding carboxylic acids is 2. The highest BCUT2D eigenvalue weighted by Gasteiger charge is 2.33. The summed E-state index contributed by atoms with van der Waals surface area (Å²) in [5.74, 6) is 0.103. The van der Waals surface area contributed by atoms with E-state index in [1.807, 2.05) is 31.2 Å². The lowest BCUT2D eigenvalue weighted by molar-refractivity contribution is -0.135. The Morgan fingerprint density at radius 3 is 2.46 bits per heavy atom. The third kappa shape index (κ3) is 4.26. The average Bonchev–Trinajstić information content (AvgIpc) is 3.45. The van der Waals surface area contributed by atoms with Gasteiger partial charge in [-0.3, -0.25) is 9.59 Å². The van der Waals surface area contributed by atoms with E-state index in [1.165, 1.54) is 0 Å². The summed E-state index contributed by atoms with van der Waals surface area (Å²) in [5, 5.41) is 2.88. The zero-order valence-corrected chi connectivity index (χ0v) is 14.2. The number of morpholine rings is 1. The van der Waals surface area contributed by atoms with Crippen LogP contribution in [0.2, 0.25) is 0 Å². The first-order chi connectivity index (χ1) is 11.7. The molecule has 1 aromatic carbocycles. The van der Waals surface area contributed by atoms with Crippen molar-refractivity contribution in [2.45, 2.75) is 19.8 Å². The molecule has 1 N–H and O–H groups in total. The van der Waals surface area contributed by atoms with Gasteiger partial charge in [-0.05, 0) is 44.0 Å². The van der Waals surface area contributed by atoms with E-state index < -0.39 is 0 Å². The number of rotatable bonds is 6. The Bertz CT molecular complexity index is 578. The molecule has 2 amide bonds. The highest BCUT2D eigenvalue weighted by atomic mass is 16.5. The summed E-state index contributed by atoms with van der Waals surface area (Å²) in [6.45, 7) is 5.88. The van der Waals surface area contributed by atoms with Gasteiger partial charge < -0.3 is 19.9 Å². The van der Waals surface area contributed by atoms with Crippen molar-refractivity contribution in [1.82, 2.24) is 4.90 Å². The molecule has 1 heterocycles. The van der Waals surface area contributed by atoms with Crippen LogP contribution in [0.15, 0.2) is 24.3 Å². The maximum atomic E-state index is 12.2. The number of carbonyl (C=O) groups is 2. The van der Waals surface area contributed by atoms with Gasteiger partial charge >= 0.3 is 0 Å². The molecule has 0 atom stereocenters. The maximum Gasteiger partial charge on any atom is 0.243 e. The van der Waals surface area contributed by atoms with Gasteiger partial charge in [0.25, 0.3) is 0 Å². The van der Waals surface area contributed by atoms with Crippen molar-refractivity contribution in [3.63, 3.8) is 0 Å². The summed E-state index contributed by atoms with van der Waals surface area (Å²) in [4.78, 5) is 28.2. The quantitative estimate of drug-likeness (QED) is 0.862. The van der Waals surface area contributed by atoms with Crippen molar-refractivity contribution >= 4 is 23.2 Å². The third-order valence-corrected chi connectivity index (χ3v) is 4.48. The maximum absolute atomic E-state index is 12.2. The van der Waals surface area contributed by atoms with Gasteiger partial charge in [0.2, 0.25) is 11.8 Å². The Balaban J connectivity index is 1.52. The van der Waals surface area contributed by atoms with Crippen molar-refractivity contribution < 1.29 is 14.3 Å². The van der Waals surface area contributed by atoms with Gasteiger partial charge in [-0.1, -0.05) is 0 Å². The van der Waals surface area contributed by atoms with Crippen molar-refractivity contribution in [3.05, 3.63) is 24.3 Å². The number of hydrogen-bond donors (Lipinski definition) is 1. The van der Waals surface area contributed by atoms with Gasteiger partial charge in [-0.15, -0.1) is 0 Å². The Kier molecular flexibility index (Phi) is 5.35. The van der Waals surface area contributed by atoms with Gasteiger partial charge in [-0.25, -0.2) is 0 Å². The van der Waals surface area contributed by atoms with E-state index in [-0.39, 0.29) is 24.3 Å². The van der Waals surface area contributed by atoms with Crippen LogP contribution in [0.25, 0.3) is 0 Å². The second kappa shape index (κ2) is 7.66. The Morgan fingerprint density at radius 1 is 1.21 bits per heavy atom. The predicted octanol–water partition coefficient (Wildman–Crippen LogP) is 1.72. The first kappa shape index (κ1) is 16.8. The molecule has 1 saturated carbocycles. The van der Waals surface area contributed by atoms with Crippen LogP contribution in [-0.4, -0.2) is 56.1 Å². The van der Waals surface area contributed by atoms with Crippen molar-refractivity contribution in [1.29, 1.82) is 0 Å². The van der Waals surface area contributed by atoms with E-state index in [1.54, 1.807) is 4.90 Å². The van der Waals surface area contributed by atoms with Gasteiger partial charge in [0.15, 0.2) is 0 Å². The molecule has 0 radical (unpaired) electrons. The van der Waals surface area contributed by atoms with Crippen LogP contribution in [0.1, 0.15) is 19.8 Å². The summed E-state index contributed by atoms with van der Waals surface area (Å²) in [7, 11) is 0. The summed E-state index contributed by atoms with van der Waals surface area (Å²) in [6.07, 6.45) is 1.92. The molecule has 0 aromatic heterocycles. The molecule has 0 bridgehead atoms. The second-order valence-corrected chi connectivity index (χ2v) is 6.32. The topological polar surface area (TPSA) is 61.9 Å². The minimum absolute atomic E-state index is 0.107. The molecule has 2 aliphatic rings. The number of hydrogen-bond acceptors (Lipinski definition) is 4. The predicted molar refractivity (Wildman–Crippen MR) is 93.1 cm³/mol. The molecule has 1 saturated heterocycles. The molecular weight excluding hydrogens is 306 g/mol. The first-order valence-corrected chi connectivity index (χ1v) is 8.68. The highest BCUT2D eigenvalue weighted by molar-refractivity contribution is 5.95. The van der Waals surface area contributed by atoms with Gasteiger partial charge in [0.1, 0.15) is 0 Å². The van der Waals surface area contributed by atoms with Crippen LogP contribution in [0, 0.1) is 5.92 Å². The smallest absolute Gasteiger partial charge is 0.243 e. The number of nitrogens with one attached hydrogen (secondary N) is 1. The molecule has 24 heavy (non-hydrogen) atoms. The standard InChI is InChI=1S/C18H25N3O3/c1-2-20(18(23)14-3-4-14)13-17(22)19-15-5-7-16(8-6-15)21-9-11-24-12-10-21/h5-8,14H,2-4,9-13H2,1H3,(H,19,22). The average molecular weight is 331 g/mol. The minimum Gasteiger partial charge on any atom is -0.378 e. The molecular formula is C18H25N3O3. The van der Waals surface area contributed by atoms with Crippen LogP contribution in [0.4, 0.5) is 11.4 Å². The van der Waals surface area contributed by atoms with E-state index in [2.05, 4.69) is 10.2 Å². The third-order valence-electron chi connectivity index (χ3n) is 4.48. The molecule has 1 aliphatic carbocycles. The summed E-state index contributed by atoms with van der Waals surface area (Å²) < 4.78 is 5.35. The van der Waals surface area contributed by atoms with E-state index >= 15 is 0 Å². The Morgan fingerprint density at radius 2 is 1.88 bits per heavy atom. The second-order valence-electron chi connectivity index (χ2n) is 6.32. The summed E-state index contributed by atoms with van der Waals surface area (Å²) in [6, 6.07) is 7.82. The zero-order valence-electron chi connectivity index (χ0n) is 14.2. The number of nitrogens with zero attached hydrogens (tertiary/aromatic N) is 2. The van der Waals surface area contributed by atoms with Gasteiger partial charge in [0, 0.05) is 36.9 Å². The highest BCUT2D eigenvalue weighted by Crippen LogP contribution is 2.30. The molecule has 130 valence electrons. The fraction of sp³-hybridized carbons (Fsp3) is 0.556. The van der Waals surface area contributed by atoms with Gasteiger partial charge in [0.05, 0.1) is 19.8 Å². The summed E-state index contributed by atoms with van der Waals surface area (Å²) >= 11 is 0. The molecule has 1 aromatic rings. The van der Waals surface area contributed by atoms with Crippen LogP contribution < -0.4 is 10.2 Å². The Hall–Kier alpha value is -2.08. The Labute approximate surface area is 142 Å². The number of benzene rings is 1. The molecule has 6 nitrogen and oxygen atoms in total. The molecule has 0 spiro atoms. The lowest BCUT2D eigenvalue weighted by Gasteiger charge is -2.29. The SMILES string of the molecule is CCN(CC(=O)Nc1ccc(N2CCOCC2)cc1)C(=O)C1CC1. The van der Waals surface area contributed by atoms with Crippen molar-refractivity contribution in [2.24, 2.45) is 5.92 Å². The normalized spacial score (nSPS) is 17.5. The molecule has 1 aliphatic heterocycles. The largest absolute Gasteiger partial charge is 0.378 e. The van der Waals surface area contributed by atoms with Gasteiger partial charge in [-0.2, -0.15) is 0 Å². The van der Waals surface area contributed by atoms with E-state index in [4.69, 9.17) is 4.74 Å². The number of amides is 2. The molecule has 6 heteroatoms. The minimum atomic E-state index is -0.148. The van der Waals surface area contributed by atoms with Crippen LogP contribution in [0.5, 0.6) is 0 Å². The lowest BCUT2D eigenvalue weighted by Crippen LogP contribution is -2.38. The van der Waals surface area contributed by atoms with Crippen molar-refractivity contribution in [3.8, 4) is 0 Å². The lowest BCUT2D eigenvalue weighted by atomic mass is 10.2. The molecule has 2 fully saturated rings. The van der Waals surface area contributed by atoms with Crippen LogP contribution in [0.3, 0.4) is 0 Å². The van der Waals surface area contributed by atoms with E-state index in [9.17, 15) is 9.59 Å². The number of likely N-dealkylation sites (N-methyl/N-ethyl adjacent to an activating group) is 1. The monoisotopic (exact) mass is 331 g/mol. The van der Waals surface area contributed by atoms with Crippen LogP contribution in [-0.2, 0) is 14.3 Å². The van der Waals surface area contributed by atoms with E-state index in [0.29, 0.717) is 6.54 Å². The fourth-order valence-corrected chi connectivity index (χ4v) is 2.89. The summed E-state index contributed by atoms with van der Waals surface area (Å²) in [5.41, 5.74) is 1.89. The first-order valence-electron chi connectivity index (χ1n) is 8.68. The molecule has 0 unspecified atom stereocenters. The van der Waals surface area contributed by atoms with E-state index in [0.717, 1.165) is 50.5 Å². The zero-order chi connectivity index (χ0) is 16.9. The molecule has 3 rings (SSSR count). The number of ether oxygens (including phenoxy) is 1. The fourth-order valence-electron chi connectivity index (χ4n) is 2.89. The number of anilines is 2.